The van der Waals surface area contributed by atoms with Gasteiger partial charge in [-0.2, -0.15) is 0 Å². The number of ketones is 1. The number of nitrogens with zero attached hydrogens (tertiary/aromatic N) is 2. The molecule has 1 aromatic heterocycles. The number of phenols is 1. The second kappa shape index (κ2) is 9.94. The maximum Gasteiger partial charge on any atom is 0.170 e. The van der Waals surface area contributed by atoms with E-state index in [0.717, 1.165) is 43.9 Å². The number of halogens is 3. The molecule has 190 valence electrons. The molecule has 36 heavy (non-hydrogen) atoms. The van der Waals surface area contributed by atoms with Crippen molar-refractivity contribution >= 4 is 34.1 Å². The van der Waals surface area contributed by atoms with E-state index in [1.54, 1.807) is 6.07 Å². The topological polar surface area (TPSA) is 79.5 Å². The van der Waals surface area contributed by atoms with Crippen LogP contribution in [0.3, 0.4) is 0 Å². The molecule has 0 radical (unpaired) electrons. The summed E-state index contributed by atoms with van der Waals surface area (Å²) in [6, 6.07) is 5.25. The third-order valence-corrected chi connectivity index (χ3v) is 8.08. The van der Waals surface area contributed by atoms with Crippen molar-refractivity contribution in [2.45, 2.75) is 51.4 Å². The first-order chi connectivity index (χ1) is 17.2. The number of carbonyl (C=O) groups excluding carboxylic acids is 1. The highest BCUT2D eigenvalue weighted by Gasteiger charge is 2.30. The van der Waals surface area contributed by atoms with Gasteiger partial charge in [0.1, 0.15) is 11.6 Å². The molecule has 0 unspecified atom stereocenters. The van der Waals surface area contributed by atoms with E-state index in [1.165, 1.54) is 45.0 Å². The van der Waals surface area contributed by atoms with Crippen molar-refractivity contribution in [2.24, 2.45) is 5.92 Å². The number of nitrogen functional groups attached to an aromatic ring is 1. The Kier molecular flexibility index (Phi) is 6.88. The Labute approximate surface area is 214 Å². The number of hydrogen-bond donors (Lipinski definition) is 2. The Balaban J connectivity index is 1.57. The first-order valence-electron chi connectivity index (χ1n) is 12.6. The summed E-state index contributed by atoms with van der Waals surface area (Å²) in [7, 11) is 0. The highest BCUT2D eigenvalue weighted by atomic mass is 35.5. The lowest BCUT2D eigenvalue weighted by Gasteiger charge is -2.32. The number of Topliss-reactive ketones (excluding diaryl/α,β-unsaturated/α-hetero) is 1. The Morgan fingerprint density at radius 3 is 2.44 bits per heavy atom. The molecular weight excluding hydrogens is 484 g/mol. The molecule has 8 heteroatoms. The largest absolute Gasteiger partial charge is 0.504 e. The van der Waals surface area contributed by atoms with Crippen molar-refractivity contribution in [3.05, 3.63) is 52.0 Å². The summed E-state index contributed by atoms with van der Waals surface area (Å²) < 4.78 is 29.4. The van der Waals surface area contributed by atoms with Gasteiger partial charge in [0.25, 0.3) is 0 Å². The number of likely N-dealkylation sites (tertiary alicyclic amines) is 1. The zero-order valence-electron chi connectivity index (χ0n) is 20.3. The van der Waals surface area contributed by atoms with E-state index in [1.807, 2.05) is 0 Å². The summed E-state index contributed by atoms with van der Waals surface area (Å²) in [5.74, 6) is -1.59. The molecule has 2 aromatic carbocycles. The minimum atomic E-state index is -0.937. The minimum absolute atomic E-state index is 0.0879. The molecule has 1 saturated heterocycles. The van der Waals surface area contributed by atoms with Crippen LogP contribution >= 0.6 is 11.6 Å². The number of aromatic hydroxyl groups is 1. The lowest BCUT2D eigenvalue weighted by atomic mass is 9.75. The quantitative estimate of drug-likeness (QED) is 0.371. The SMILES string of the molecule is CC(=O)c1c(N)nc2cc(F)c(-c3cc(F)c(O)c(Cl)c3)cc2c1C1CCC(CN2CCCC2)CC1. The van der Waals surface area contributed by atoms with Gasteiger partial charge in [0.05, 0.1) is 16.1 Å². The maximum atomic E-state index is 15.2. The van der Waals surface area contributed by atoms with Crippen LogP contribution in [0.2, 0.25) is 5.02 Å². The molecule has 1 saturated carbocycles. The zero-order chi connectivity index (χ0) is 25.6. The molecule has 0 amide bonds. The molecule has 3 aromatic rings. The zero-order valence-corrected chi connectivity index (χ0v) is 21.0. The minimum Gasteiger partial charge on any atom is -0.504 e. The first kappa shape index (κ1) is 24.9. The molecule has 0 spiro atoms. The standard InChI is InChI=1S/C28H30ClF2N3O2/c1-15(35)25-26(17-6-4-16(5-7-17)14-34-8-2-3-9-34)20-12-19(22(30)13-24(20)33-28(25)32)18-10-21(29)27(36)23(31)11-18/h10-13,16-17,36H,2-9,14H2,1H3,(H2,32,33). The van der Waals surface area contributed by atoms with E-state index in [9.17, 15) is 14.3 Å². The van der Waals surface area contributed by atoms with E-state index in [0.29, 0.717) is 22.4 Å². The molecule has 0 bridgehead atoms. The van der Waals surface area contributed by atoms with Crippen molar-refractivity contribution in [1.82, 2.24) is 9.88 Å². The number of fused-ring (bicyclic) bond motifs is 1. The van der Waals surface area contributed by atoms with Crippen LogP contribution < -0.4 is 5.73 Å². The molecule has 2 fully saturated rings. The average Bonchev–Trinajstić information content (AvgIpc) is 3.34. The summed E-state index contributed by atoms with van der Waals surface area (Å²) in [6.07, 6.45) is 6.46. The van der Waals surface area contributed by atoms with Gasteiger partial charge >= 0.3 is 0 Å². The maximum absolute atomic E-state index is 15.2. The van der Waals surface area contributed by atoms with Gasteiger partial charge in [0.15, 0.2) is 17.3 Å². The van der Waals surface area contributed by atoms with Crippen molar-refractivity contribution in [2.75, 3.05) is 25.4 Å². The predicted molar refractivity (Wildman–Crippen MR) is 139 cm³/mol. The highest BCUT2D eigenvalue weighted by molar-refractivity contribution is 6.32. The van der Waals surface area contributed by atoms with Gasteiger partial charge < -0.3 is 15.7 Å². The van der Waals surface area contributed by atoms with Gasteiger partial charge in [-0.25, -0.2) is 13.8 Å². The molecule has 0 atom stereocenters. The lowest BCUT2D eigenvalue weighted by Crippen LogP contribution is -2.29. The Morgan fingerprint density at radius 1 is 1.11 bits per heavy atom. The van der Waals surface area contributed by atoms with Crippen LogP contribution in [0.15, 0.2) is 24.3 Å². The van der Waals surface area contributed by atoms with Gasteiger partial charge in [0, 0.05) is 23.6 Å². The van der Waals surface area contributed by atoms with Crippen molar-refractivity contribution < 1.29 is 18.7 Å². The third kappa shape index (κ3) is 4.66. The summed E-state index contributed by atoms with van der Waals surface area (Å²) in [5.41, 5.74) is 8.09. The highest BCUT2D eigenvalue weighted by Crippen LogP contribution is 2.43. The first-order valence-corrected chi connectivity index (χ1v) is 12.9. The van der Waals surface area contributed by atoms with Crippen LogP contribution in [-0.2, 0) is 0 Å². The Morgan fingerprint density at radius 2 is 1.81 bits per heavy atom. The molecule has 5 nitrogen and oxygen atoms in total. The number of benzene rings is 2. The van der Waals surface area contributed by atoms with Crippen LogP contribution in [0.25, 0.3) is 22.0 Å². The molecule has 2 heterocycles. The van der Waals surface area contributed by atoms with Crippen LogP contribution in [0.1, 0.15) is 67.3 Å². The molecule has 1 aliphatic heterocycles. The van der Waals surface area contributed by atoms with Gasteiger partial charge in [-0.05, 0) is 99.7 Å². The van der Waals surface area contributed by atoms with E-state index in [2.05, 4.69) is 9.88 Å². The fourth-order valence-corrected chi connectivity index (χ4v) is 6.24. The number of hydrogen-bond acceptors (Lipinski definition) is 5. The number of carbonyl (C=O) groups is 1. The third-order valence-electron chi connectivity index (χ3n) is 7.79. The molecule has 3 N–H and O–H groups in total. The smallest absolute Gasteiger partial charge is 0.170 e. The van der Waals surface area contributed by atoms with Crippen molar-refractivity contribution in [3.63, 3.8) is 0 Å². The van der Waals surface area contributed by atoms with E-state index >= 15 is 4.39 Å². The monoisotopic (exact) mass is 513 g/mol. The summed E-state index contributed by atoms with van der Waals surface area (Å²) in [6.45, 7) is 4.95. The molecule has 1 aliphatic carbocycles. The normalized spacial score (nSPS) is 20.8. The Hall–Kier alpha value is -2.77. The van der Waals surface area contributed by atoms with Gasteiger partial charge in [0.2, 0.25) is 0 Å². The van der Waals surface area contributed by atoms with Gasteiger partial charge in [-0.1, -0.05) is 11.6 Å². The molecule has 5 rings (SSSR count). The van der Waals surface area contributed by atoms with Crippen LogP contribution in [0.4, 0.5) is 14.6 Å². The number of nitrogens with two attached hydrogens (primary N) is 1. The van der Waals surface area contributed by atoms with Crippen molar-refractivity contribution in [3.8, 4) is 16.9 Å². The summed E-state index contributed by atoms with van der Waals surface area (Å²) in [4.78, 5) is 19.6. The van der Waals surface area contributed by atoms with Gasteiger partial charge in [-0.15, -0.1) is 0 Å². The fourth-order valence-electron chi connectivity index (χ4n) is 6.03. The van der Waals surface area contributed by atoms with Crippen LogP contribution in [0.5, 0.6) is 5.75 Å². The van der Waals surface area contributed by atoms with E-state index in [4.69, 9.17) is 17.3 Å². The molecule has 2 aliphatic rings. The second-order valence-electron chi connectivity index (χ2n) is 10.2. The van der Waals surface area contributed by atoms with Crippen LogP contribution in [0, 0.1) is 17.6 Å². The summed E-state index contributed by atoms with van der Waals surface area (Å²) >= 11 is 5.97. The molecular formula is C28H30ClF2N3O2. The number of phenolic OH excluding ortho intramolecular Hbond substituents is 1. The summed E-state index contributed by atoms with van der Waals surface area (Å²) in [5, 5.41) is 10.1. The number of aromatic nitrogens is 1. The second-order valence-corrected chi connectivity index (χ2v) is 10.6. The number of rotatable bonds is 5. The van der Waals surface area contributed by atoms with Crippen LogP contribution in [-0.4, -0.2) is 40.4 Å². The Bertz CT molecular complexity index is 1310. The fraction of sp³-hybridized carbons (Fsp3) is 0.429. The predicted octanol–water partition coefficient (Wildman–Crippen LogP) is 6.69. The van der Waals surface area contributed by atoms with E-state index < -0.39 is 17.4 Å². The number of pyridine rings is 1. The van der Waals surface area contributed by atoms with Crippen molar-refractivity contribution in [1.29, 1.82) is 0 Å². The van der Waals surface area contributed by atoms with Gasteiger partial charge in [-0.3, -0.25) is 4.79 Å². The lowest BCUT2D eigenvalue weighted by molar-refractivity contribution is 0.101. The average molecular weight is 514 g/mol. The van der Waals surface area contributed by atoms with E-state index in [-0.39, 0.29) is 33.7 Å². The number of anilines is 1.